The summed E-state index contributed by atoms with van der Waals surface area (Å²) < 4.78 is 15.3. The van der Waals surface area contributed by atoms with Crippen molar-refractivity contribution in [3.8, 4) is 11.5 Å². The SMILES string of the molecule is C=CCNC(=O)[C@@H](C)OC(=O)c1cc(OC)c(OCC)cc1[N+](=O)[O-]. The largest absolute Gasteiger partial charge is 0.493 e. The third-order valence-electron chi connectivity index (χ3n) is 3.07. The van der Waals surface area contributed by atoms with E-state index in [0.29, 0.717) is 0 Å². The topological polar surface area (TPSA) is 117 Å². The van der Waals surface area contributed by atoms with Gasteiger partial charge in [-0.3, -0.25) is 14.9 Å². The number of methoxy groups -OCH3 is 1. The molecule has 0 spiro atoms. The van der Waals surface area contributed by atoms with Crippen LogP contribution < -0.4 is 14.8 Å². The van der Waals surface area contributed by atoms with Crippen LogP contribution in [0.1, 0.15) is 24.2 Å². The fourth-order valence-corrected chi connectivity index (χ4v) is 1.89. The quantitative estimate of drug-likeness (QED) is 0.312. The number of nitrogens with one attached hydrogen (secondary N) is 1. The molecule has 0 aliphatic rings. The van der Waals surface area contributed by atoms with Gasteiger partial charge in [0, 0.05) is 12.6 Å². The highest BCUT2D eigenvalue weighted by Gasteiger charge is 2.28. The van der Waals surface area contributed by atoms with Gasteiger partial charge >= 0.3 is 5.97 Å². The van der Waals surface area contributed by atoms with Gasteiger partial charge in [-0.25, -0.2) is 4.79 Å². The number of nitrogens with zero attached hydrogens (tertiary/aromatic N) is 1. The van der Waals surface area contributed by atoms with Crippen molar-refractivity contribution in [1.82, 2.24) is 5.32 Å². The Labute approximate surface area is 144 Å². The van der Waals surface area contributed by atoms with Crippen LogP contribution in [0.2, 0.25) is 0 Å². The monoisotopic (exact) mass is 352 g/mol. The molecule has 1 N–H and O–H groups in total. The van der Waals surface area contributed by atoms with Crippen molar-refractivity contribution in [3.05, 3.63) is 40.5 Å². The highest BCUT2D eigenvalue weighted by atomic mass is 16.6. The summed E-state index contributed by atoms with van der Waals surface area (Å²) in [5.74, 6) is -1.30. The van der Waals surface area contributed by atoms with Crippen molar-refractivity contribution in [3.63, 3.8) is 0 Å². The van der Waals surface area contributed by atoms with Crippen LogP contribution >= 0.6 is 0 Å². The second-order valence-corrected chi connectivity index (χ2v) is 4.79. The van der Waals surface area contributed by atoms with E-state index in [1.807, 2.05) is 0 Å². The smallest absolute Gasteiger partial charge is 0.346 e. The van der Waals surface area contributed by atoms with Crippen LogP contribution in [0, 0.1) is 10.1 Å². The fourth-order valence-electron chi connectivity index (χ4n) is 1.89. The Kier molecular flexibility index (Phi) is 7.39. The van der Waals surface area contributed by atoms with Gasteiger partial charge in [-0.15, -0.1) is 6.58 Å². The third kappa shape index (κ3) is 5.20. The lowest BCUT2D eigenvalue weighted by Gasteiger charge is -2.14. The van der Waals surface area contributed by atoms with E-state index in [2.05, 4.69) is 11.9 Å². The Balaban J connectivity index is 3.12. The minimum Gasteiger partial charge on any atom is -0.493 e. The van der Waals surface area contributed by atoms with Gasteiger partial charge in [0.2, 0.25) is 0 Å². The van der Waals surface area contributed by atoms with E-state index in [9.17, 15) is 19.7 Å². The zero-order valence-electron chi connectivity index (χ0n) is 14.2. The summed E-state index contributed by atoms with van der Waals surface area (Å²) in [5.41, 5.74) is -0.846. The van der Waals surface area contributed by atoms with Crippen molar-refractivity contribution < 1.29 is 28.7 Å². The number of carbonyl (C=O) groups is 2. The molecule has 0 bridgehead atoms. The van der Waals surface area contributed by atoms with Crippen LogP contribution in [0.4, 0.5) is 5.69 Å². The standard InChI is InChI=1S/C16H20N2O7/c1-5-7-17-15(19)10(3)25-16(20)11-8-13(23-4)14(24-6-2)9-12(11)18(21)22/h5,8-10H,1,6-7H2,2-4H3,(H,17,19)/t10-/m1/s1. The lowest BCUT2D eigenvalue weighted by atomic mass is 10.1. The number of esters is 1. The third-order valence-corrected chi connectivity index (χ3v) is 3.07. The number of amides is 1. The van der Waals surface area contributed by atoms with Gasteiger partial charge in [0.25, 0.3) is 11.6 Å². The Morgan fingerprint density at radius 2 is 2.08 bits per heavy atom. The molecule has 9 nitrogen and oxygen atoms in total. The molecule has 0 saturated carbocycles. The number of carbonyl (C=O) groups excluding carboxylic acids is 2. The molecular formula is C16H20N2O7. The van der Waals surface area contributed by atoms with Gasteiger partial charge in [-0.2, -0.15) is 0 Å². The second-order valence-electron chi connectivity index (χ2n) is 4.79. The second kappa shape index (κ2) is 9.26. The molecule has 0 unspecified atom stereocenters. The molecule has 136 valence electrons. The van der Waals surface area contributed by atoms with E-state index in [1.54, 1.807) is 6.92 Å². The Morgan fingerprint density at radius 3 is 2.60 bits per heavy atom. The molecule has 0 aliphatic carbocycles. The summed E-state index contributed by atoms with van der Waals surface area (Å²) in [7, 11) is 1.34. The Hall–Kier alpha value is -3.10. The summed E-state index contributed by atoms with van der Waals surface area (Å²) in [5, 5.41) is 13.7. The number of benzene rings is 1. The van der Waals surface area contributed by atoms with Crippen LogP contribution in [0.15, 0.2) is 24.8 Å². The van der Waals surface area contributed by atoms with Gasteiger partial charge in [-0.1, -0.05) is 6.08 Å². The average Bonchev–Trinajstić information content (AvgIpc) is 2.59. The molecule has 0 fully saturated rings. The molecule has 1 aromatic rings. The van der Waals surface area contributed by atoms with Crippen LogP contribution in [0.3, 0.4) is 0 Å². The molecule has 0 aliphatic heterocycles. The van der Waals surface area contributed by atoms with Crippen LogP contribution in [0.25, 0.3) is 0 Å². The highest BCUT2D eigenvalue weighted by molar-refractivity contribution is 5.96. The molecule has 0 heterocycles. The maximum atomic E-state index is 12.3. The number of hydrogen-bond acceptors (Lipinski definition) is 7. The molecule has 1 rings (SSSR count). The summed E-state index contributed by atoms with van der Waals surface area (Å²) in [4.78, 5) is 34.5. The van der Waals surface area contributed by atoms with E-state index in [-0.39, 0.29) is 30.2 Å². The predicted octanol–water partition coefficient (Wildman–Crippen LogP) is 1.85. The first kappa shape index (κ1) is 19.9. The number of nitro benzene ring substituents is 1. The molecule has 9 heteroatoms. The highest BCUT2D eigenvalue weighted by Crippen LogP contribution is 2.35. The Bertz CT molecular complexity index is 673. The van der Waals surface area contributed by atoms with E-state index >= 15 is 0 Å². The van der Waals surface area contributed by atoms with E-state index in [4.69, 9.17) is 14.2 Å². The van der Waals surface area contributed by atoms with Gasteiger partial charge in [0.15, 0.2) is 17.6 Å². The number of ether oxygens (including phenoxy) is 3. The molecule has 1 atom stereocenters. The predicted molar refractivity (Wildman–Crippen MR) is 88.9 cm³/mol. The molecule has 1 aromatic carbocycles. The van der Waals surface area contributed by atoms with Crippen molar-refractivity contribution >= 4 is 17.6 Å². The normalized spacial score (nSPS) is 11.2. The van der Waals surface area contributed by atoms with Crippen molar-refractivity contribution in [1.29, 1.82) is 0 Å². The van der Waals surface area contributed by atoms with Crippen molar-refractivity contribution in [2.45, 2.75) is 20.0 Å². The van der Waals surface area contributed by atoms with Crippen molar-refractivity contribution in [2.75, 3.05) is 20.3 Å². The molecule has 1 amide bonds. The molecule has 0 saturated heterocycles. The molecule has 0 radical (unpaired) electrons. The minimum atomic E-state index is -1.13. The molecule has 0 aromatic heterocycles. The lowest BCUT2D eigenvalue weighted by Crippen LogP contribution is -2.35. The maximum Gasteiger partial charge on any atom is 0.346 e. The number of hydrogen-bond donors (Lipinski definition) is 1. The van der Waals surface area contributed by atoms with Gasteiger partial charge in [-0.05, 0) is 13.8 Å². The average molecular weight is 352 g/mol. The maximum absolute atomic E-state index is 12.3. The van der Waals surface area contributed by atoms with Crippen LogP contribution in [-0.4, -0.2) is 43.2 Å². The van der Waals surface area contributed by atoms with E-state index in [1.165, 1.54) is 20.1 Å². The first-order chi connectivity index (χ1) is 11.8. The fraction of sp³-hybridized carbons (Fsp3) is 0.375. The van der Waals surface area contributed by atoms with Gasteiger partial charge < -0.3 is 19.5 Å². The van der Waals surface area contributed by atoms with Crippen molar-refractivity contribution in [2.24, 2.45) is 0 Å². The van der Waals surface area contributed by atoms with Crippen LogP contribution in [-0.2, 0) is 9.53 Å². The first-order valence-corrected chi connectivity index (χ1v) is 7.44. The molecule has 25 heavy (non-hydrogen) atoms. The van der Waals surface area contributed by atoms with E-state index in [0.717, 1.165) is 12.1 Å². The van der Waals surface area contributed by atoms with Crippen LogP contribution in [0.5, 0.6) is 11.5 Å². The summed E-state index contributed by atoms with van der Waals surface area (Å²) in [6.07, 6.45) is 0.332. The minimum absolute atomic E-state index is 0.130. The summed E-state index contributed by atoms with van der Waals surface area (Å²) in [6.45, 7) is 6.98. The number of rotatable bonds is 9. The Morgan fingerprint density at radius 1 is 1.40 bits per heavy atom. The summed E-state index contributed by atoms with van der Waals surface area (Å²) >= 11 is 0. The summed E-state index contributed by atoms with van der Waals surface area (Å²) in [6, 6.07) is 2.24. The lowest BCUT2D eigenvalue weighted by molar-refractivity contribution is -0.385. The van der Waals surface area contributed by atoms with E-state index < -0.39 is 28.6 Å². The van der Waals surface area contributed by atoms with Gasteiger partial charge in [0.1, 0.15) is 5.56 Å². The number of nitro groups is 1. The molecular weight excluding hydrogens is 332 g/mol. The van der Waals surface area contributed by atoms with Gasteiger partial charge in [0.05, 0.1) is 24.7 Å². The zero-order valence-corrected chi connectivity index (χ0v) is 14.2. The first-order valence-electron chi connectivity index (χ1n) is 7.44. The zero-order chi connectivity index (χ0) is 19.0.